The van der Waals surface area contributed by atoms with Crippen molar-refractivity contribution in [2.75, 3.05) is 5.73 Å². The monoisotopic (exact) mass is 286 g/mol. The highest BCUT2D eigenvalue weighted by molar-refractivity contribution is 6.35. The number of hydrogen-bond acceptors (Lipinski definition) is 3. The average molecular weight is 287 g/mol. The molecule has 2 rings (SSSR count). The summed E-state index contributed by atoms with van der Waals surface area (Å²) in [6.45, 7) is 1.77. The predicted octanol–water partition coefficient (Wildman–Crippen LogP) is 3.10. The predicted molar refractivity (Wildman–Crippen MR) is 70.8 cm³/mol. The van der Waals surface area contributed by atoms with Crippen molar-refractivity contribution in [3.63, 3.8) is 0 Å². The smallest absolute Gasteiger partial charge is 0.221 e. The molecule has 0 amide bonds. The summed E-state index contributed by atoms with van der Waals surface area (Å²) in [4.78, 5) is 3.96. The third-order valence-corrected chi connectivity index (χ3v) is 2.85. The highest BCUT2D eigenvalue weighted by Gasteiger charge is 2.09. The molecule has 7 heteroatoms. The van der Waals surface area contributed by atoms with E-state index in [0.29, 0.717) is 5.69 Å². The zero-order valence-electron chi connectivity index (χ0n) is 9.36. The van der Waals surface area contributed by atoms with Gasteiger partial charge in [0.15, 0.2) is 5.82 Å². The summed E-state index contributed by atoms with van der Waals surface area (Å²) in [7, 11) is 0. The first-order chi connectivity index (χ1) is 8.49. The molecule has 0 bridgehead atoms. The summed E-state index contributed by atoms with van der Waals surface area (Å²) in [5.41, 5.74) is 6.41. The maximum absolute atomic E-state index is 13.7. The van der Waals surface area contributed by atoms with Crippen LogP contribution in [0.25, 0.3) is 0 Å². The van der Waals surface area contributed by atoms with Crippen molar-refractivity contribution in [3.8, 4) is 0 Å². The molecule has 0 aliphatic heterocycles. The first-order valence-electron chi connectivity index (χ1n) is 4.98. The van der Waals surface area contributed by atoms with E-state index in [9.17, 15) is 4.39 Å². The number of hydrogen-bond donors (Lipinski definition) is 1. The molecule has 1 aromatic heterocycles. The number of nitrogens with two attached hydrogens (primary N) is 1. The fourth-order valence-corrected chi connectivity index (χ4v) is 1.74. The van der Waals surface area contributed by atoms with Crippen LogP contribution in [0.15, 0.2) is 23.4 Å². The lowest BCUT2D eigenvalue weighted by molar-refractivity contribution is 0.626. The lowest BCUT2D eigenvalue weighted by Gasteiger charge is -2.02. The van der Waals surface area contributed by atoms with Gasteiger partial charge in [-0.25, -0.2) is 14.1 Å². The molecule has 0 aliphatic carbocycles. The van der Waals surface area contributed by atoms with Crippen LogP contribution >= 0.6 is 23.2 Å². The van der Waals surface area contributed by atoms with Crippen LogP contribution in [0.2, 0.25) is 10.0 Å². The third kappa shape index (κ3) is 2.47. The van der Waals surface area contributed by atoms with E-state index in [0.717, 1.165) is 0 Å². The molecule has 0 saturated carbocycles. The highest BCUT2D eigenvalue weighted by atomic mass is 35.5. The molecule has 0 radical (unpaired) electrons. The van der Waals surface area contributed by atoms with Crippen LogP contribution in [-0.4, -0.2) is 15.9 Å². The zero-order valence-corrected chi connectivity index (χ0v) is 10.9. The molecule has 4 nitrogen and oxygen atoms in total. The van der Waals surface area contributed by atoms with Crippen molar-refractivity contribution >= 4 is 35.4 Å². The molecule has 94 valence electrons. The van der Waals surface area contributed by atoms with Crippen molar-refractivity contribution < 1.29 is 4.39 Å². The fourth-order valence-electron chi connectivity index (χ4n) is 1.38. The lowest BCUT2D eigenvalue weighted by Crippen LogP contribution is -1.98. The van der Waals surface area contributed by atoms with Gasteiger partial charge in [-0.15, -0.1) is 0 Å². The van der Waals surface area contributed by atoms with Gasteiger partial charge in [0, 0.05) is 0 Å². The molecule has 2 aromatic rings. The summed E-state index contributed by atoms with van der Waals surface area (Å²) in [5.74, 6) is -0.411. The molecular formula is C11H9Cl2FN4. The van der Waals surface area contributed by atoms with Gasteiger partial charge in [0.05, 0.1) is 33.7 Å². The van der Waals surface area contributed by atoms with E-state index in [-0.39, 0.29) is 21.6 Å². The SMILES string of the molecule is Cc1cn(N=Cc2c(Cl)ccc(Cl)c2F)c(N)n1. The van der Waals surface area contributed by atoms with Gasteiger partial charge >= 0.3 is 0 Å². The van der Waals surface area contributed by atoms with Gasteiger partial charge in [-0.05, 0) is 19.1 Å². The van der Waals surface area contributed by atoms with E-state index in [4.69, 9.17) is 28.9 Å². The van der Waals surface area contributed by atoms with Crippen molar-refractivity contribution in [2.24, 2.45) is 5.10 Å². The normalized spacial score (nSPS) is 11.3. The molecule has 2 N–H and O–H groups in total. The Morgan fingerprint density at radius 1 is 1.39 bits per heavy atom. The van der Waals surface area contributed by atoms with Crippen LogP contribution in [0.3, 0.4) is 0 Å². The number of rotatable bonds is 2. The Kier molecular flexibility index (Phi) is 3.54. The Morgan fingerprint density at radius 3 is 2.67 bits per heavy atom. The maximum atomic E-state index is 13.7. The first-order valence-corrected chi connectivity index (χ1v) is 5.74. The number of aromatic nitrogens is 2. The fraction of sp³-hybridized carbons (Fsp3) is 0.0909. The van der Waals surface area contributed by atoms with Crippen LogP contribution < -0.4 is 5.73 Å². The topological polar surface area (TPSA) is 56.2 Å². The van der Waals surface area contributed by atoms with Crippen molar-refractivity contribution in [2.45, 2.75) is 6.92 Å². The van der Waals surface area contributed by atoms with Crippen LogP contribution in [0, 0.1) is 12.7 Å². The lowest BCUT2D eigenvalue weighted by atomic mass is 10.2. The summed E-state index contributed by atoms with van der Waals surface area (Å²) in [6, 6.07) is 2.88. The quantitative estimate of drug-likeness (QED) is 0.681. The molecule has 0 aliphatic rings. The van der Waals surface area contributed by atoms with E-state index in [1.54, 1.807) is 13.1 Å². The number of nitrogens with zero attached hydrogens (tertiary/aromatic N) is 3. The van der Waals surface area contributed by atoms with Crippen LogP contribution in [0.5, 0.6) is 0 Å². The van der Waals surface area contributed by atoms with Crippen molar-refractivity contribution in [3.05, 3.63) is 45.4 Å². The molecule has 0 unspecified atom stereocenters. The second kappa shape index (κ2) is 4.96. The number of anilines is 1. The Morgan fingerprint density at radius 2 is 2.06 bits per heavy atom. The molecular weight excluding hydrogens is 278 g/mol. The molecule has 0 spiro atoms. The van der Waals surface area contributed by atoms with Gasteiger partial charge in [-0.3, -0.25) is 0 Å². The minimum atomic E-state index is -0.622. The minimum Gasteiger partial charge on any atom is -0.368 e. The third-order valence-electron chi connectivity index (χ3n) is 2.23. The molecule has 0 atom stereocenters. The molecule has 1 aromatic carbocycles. The van der Waals surface area contributed by atoms with Gasteiger partial charge in [0.1, 0.15) is 0 Å². The van der Waals surface area contributed by atoms with Crippen LogP contribution in [-0.2, 0) is 0 Å². The van der Waals surface area contributed by atoms with Crippen molar-refractivity contribution in [1.82, 2.24) is 9.66 Å². The van der Waals surface area contributed by atoms with Crippen molar-refractivity contribution in [1.29, 1.82) is 0 Å². The number of aryl methyl sites for hydroxylation is 1. The zero-order chi connectivity index (χ0) is 13.3. The molecule has 0 saturated heterocycles. The summed E-state index contributed by atoms with van der Waals surface area (Å²) >= 11 is 11.5. The van der Waals surface area contributed by atoms with Gasteiger partial charge in [0.25, 0.3) is 0 Å². The second-order valence-electron chi connectivity index (χ2n) is 3.59. The summed E-state index contributed by atoms with van der Waals surface area (Å²) in [6.07, 6.45) is 2.86. The Hall–Kier alpha value is -1.59. The van der Waals surface area contributed by atoms with Crippen LogP contribution in [0.1, 0.15) is 11.3 Å². The first kappa shape index (κ1) is 12.9. The summed E-state index contributed by atoms with van der Waals surface area (Å²) < 4.78 is 15.0. The maximum Gasteiger partial charge on any atom is 0.221 e. The van der Waals surface area contributed by atoms with E-state index < -0.39 is 5.82 Å². The number of imidazole rings is 1. The molecule has 0 fully saturated rings. The van der Waals surface area contributed by atoms with E-state index in [2.05, 4.69) is 10.1 Å². The Bertz CT molecular complexity index is 622. The largest absolute Gasteiger partial charge is 0.368 e. The van der Waals surface area contributed by atoms with Gasteiger partial charge in [-0.2, -0.15) is 5.10 Å². The van der Waals surface area contributed by atoms with E-state index in [1.165, 1.54) is 23.0 Å². The van der Waals surface area contributed by atoms with E-state index >= 15 is 0 Å². The van der Waals surface area contributed by atoms with E-state index in [1.807, 2.05) is 0 Å². The van der Waals surface area contributed by atoms with Crippen LogP contribution in [0.4, 0.5) is 10.3 Å². The standard InChI is InChI=1S/C11H9Cl2FN4/c1-6-5-18(11(15)17-6)16-4-7-8(12)2-3-9(13)10(7)14/h2-5H,1H3,(H2,15,17). The second-order valence-corrected chi connectivity index (χ2v) is 4.40. The van der Waals surface area contributed by atoms with Gasteiger partial charge in [-0.1, -0.05) is 23.2 Å². The minimum absolute atomic E-state index is 0.0179. The number of benzene rings is 1. The molecule has 1 heterocycles. The molecule has 18 heavy (non-hydrogen) atoms. The number of halogens is 3. The Balaban J connectivity index is 2.40. The average Bonchev–Trinajstić information content (AvgIpc) is 2.63. The van der Waals surface area contributed by atoms with Gasteiger partial charge in [0.2, 0.25) is 5.95 Å². The summed E-state index contributed by atoms with van der Waals surface area (Å²) in [5, 5.41) is 4.18. The highest BCUT2D eigenvalue weighted by Crippen LogP contribution is 2.24. The van der Waals surface area contributed by atoms with Gasteiger partial charge < -0.3 is 5.73 Å². The Labute approximate surface area is 113 Å². The number of nitrogen functional groups attached to an aromatic ring is 1.